The third-order valence-electron chi connectivity index (χ3n) is 6.16. The Balaban J connectivity index is 1.36. The fourth-order valence-corrected chi connectivity index (χ4v) is 5.41. The van der Waals surface area contributed by atoms with Gasteiger partial charge in [0.2, 0.25) is 5.91 Å². The second-order valence-electron chi connectivity index (χ2n) is 8.72. The highest BCUT2D eigenvalue weighted by Gasteiger charge is 2.28. The molecule has 1 N–H and O–H groups in total. The summed E-state index contributed by atoms with van der Waals surface area (Å²) in [6.07, 6.45) is 1.81. The van der Waals surface area contributed by atoms with Gasteiger partial charge in [0.05, 0.1) is 22.0 Å². The molecular weight excluding hydrogens is 454 g/mol. The van der Waals surface area contributed by atoms with Gasteiger partial charge >= 0.3 is 0 Å². The van der Waals surface area contributed by atoms with Crippen LogP contribution in [0.4, 0.5) is 10.8 Å². The van der Waals surface area contributed by atoms with Crippen LogP contribution >= 0.6 is 22.9 Å². The molecule has 170 valence electrons. The molecule has 0 unspecified atom stereocenters. The fraction of sp³-hybridized carbons (Fsp3) is 0.320. The predicted molar refractivity (Wildman–Crippen MR) is 136 cm³/mol. The summed E-state index contributed by atoms with van der Waals surface area (Å²) in [6.45, 7) is 7.59. The predicted octanol–water partition coefficient (Wildman–Crippen LogP) is 5.92. The first-order chi connectivity index (χ1) is 15.9. The van der Waals surface area contributed by atoms with Crippen LogP contribution < -0.4 is 10.2 Å². The van der Waals surface area contributed by atoms with E-state index in [4.69, 9.17) is 21.7 Å². The quantitative estimate of drug-likeness (QED) is 0.395. The lowest BCUT2D eigenvalue weighted by Gasteiger charge is -2.31. The van der Waals surface area contributed by atoms with Crippen molar-refractivity contribution in [3.8, 4) is 5.69 Å². The number of rotatable bonds is 4. The Labute approximate surface area is 202 Å². The van der Waals surface area contributed by atoms with Gasteiger partial charge in [0.15, 0.2) is 10.8 Å². The lowest BCUT2D eigenvalue weighted by molar-refractivity contribution is -0.120. The van der Waals surface area contributed by atoms with Crippen molar-refractivity contribution in [2.75, 3.05) is 23.3 Å². The van der Waals surface area contributed by atoms with Gasteiger partial charge in [-0.1, -0.05) is 46.7 Å². The Bertz CT molecular complexity index is 1330. The number of carbonyl (C=O) groups is 1. The van der Waals surface area contributed by atoms with Crippen LogP contribution in [0.25, 0.3) is 16.0 Å². The van der Waals surface area contributed by atoms with Crippen LogP contribution in [-0.4, -0.2) is 33.8 Å². The second-order valence-corrected chi connectivity index (χ2v) is 10.1. The number of hydrogen-bond donors (Lipinski definition) is 1. The van der Waals surface area contributed by atoms with Crippen LogP contribution in [0, 0.1) is 26.7 Å². The van der Waals surface area contributed by atoms with E-state index in [0.29, 0.717) is 11.6 Å². The normalized spacial score (nSPS) is 16.4. The molecule has 0 saturated carbocycles. The number of benzene rings is 2. The van der Waals surface area contributed by atoms with Crippen LogP contribution in [0.15, 0.2) is 42.5 Å². The van der Waals surface area contributed by atoms with Crippen molar-refractivity contribution in [3.05, 3.63) is 64.3 Å². The van der Waals surface area contributed by atoms with Crippen LogP contribution in [0.3, 0.4) is 0 Å². The summed E-state index contributed by atoms with van der Waals surface area (Å²) in [5.74, 6) is -0.0664. The van der Waals surface area contributed by atoms with E-state index >= 15 is 0 Å². The minimum Gasteiger partial charge on any atom is -0.347 e. The number of aromatic nitrogens is 3. The van der Waals surface area contributed by atoms with Crippen molar-refractivity contribution in [2.45, 2.75) is 33.6 Å². The van der Waals surface area contributed by atoms with E-state index in [2.05, 4.69) is 41.4 Å². The highest BCUT2D eigenvalue weighted by Crippen LogP contribution is 2.34. The van der Waals surface area contributed by atoms with Crippen LogP contribution in [0.2, 0.25) is 5.02 Å². The molecule has 33 heavy (non-hydrogen) atoms. The van der Waals surface area contributed by atoms with Crippen molar-refractivity contribution in [2.24, 2.45) is 5.92 Å². The number of nitrogens with zero attached hydrogens (tertiary/aromatic N) is 4. The van der Waals surface area contributed by atoms with Crippen molar-refractivity contribution in [1.29, 1.82) is 0 Å². The third-order valence-corrected chi connectivity index (χ3v) is 7.78. The number of halogens is 1. The average molecular weight is 480 g/mol. The van der Waals surface area contributed by atoms with E-state index in [1.165, 1.54) is 5.56 Å². The molecule has 0 spiro atoms. The zero-order valence-electron chi connectivity index (χ0n) is 18.9. The van der Waals surface area contributed by atoms with Gasteiger partial charge in [-0.05, 0) is 63.4 Å². The summed E-state index contributed by atoms with van der Waals surface area (Å²) < 4.78 is 3.01. The fourth-order valence-electron chi connectivity index (χ4n) is 4.20. The monoisotopic (exact) mass is 479 g/mol. The Morgan fingerprint density at radius 3 is 2.70 bits per heavy atom. The Morgan fingerprint density at radius 1 is 1.15 bits per heavy atom. The van der Waals surface area contributed by atoms with Crippen molar-refractivity contribution < 1.29 is 4.79 Å². The number of hydrogen-bond acceptors (Lipinski definition) is 5. The number of nitrogens with one attached hydrogen (secondary N) is 1. The lowest BCUT2D eigenvalue weighted by atomic mass is 9.97. The highest BCUT2D eigenvalue weighted by atomic mass is 35.5. The average Bonchev–Trinajstić information content (AvgIpc) is 3.38. The molecule has 0 bridgehead atoms. The molecule has 1 aliphatic heterocycles. The Morgan fingerprint density at radius 2 is 1.94 bits per heavy atom. The zero-order chi connectivity index (χ0) is 23.1. The molecule has 1 aliphatic rings. The molecule has 0 aliphatic carbocycles. The van der Waals surface area contributed by atoms with Crippen molar-refractivity contribution >= 4 is 50.0 Å². The lowest BCUT2D eigenvalue weighted by Crippen LogP contribution is -2.40. The van der Waals surface area contributed by atoms with E-state index in [1.54, 1.807) is 11.3 Å². The van der Waals surface area contributed by atoms with E-state index in [-0.39, 0.29) is 11.8 Å². The second kappa shape index (κ2) is 8.80. The molecule has 8 heteroatoms. The standard InChI is InChI=1S/C25H26ClN5OS/c1-15-6-10-20(11-7-15)31-23-22(17(3)29-31)33-25(28-23)30-12-4-5-18(14-30)24(32)27-19-9-8-16(2)21(26)13-19/h6-11,13,18H,4-5,12,14H2,1-3H3,(H,27,32)/t18-/m1/s1. The minimum absolute atomic E-state index is 0.0303. The number of aryl methyl sites for hydroxylation is 3. The number of carbonyl (C=O) groups excluding carboxylic acids is 1. The molecule has 5 rings (SSSR count). The topological polar surface area (TPSA) is 63.1 Å². The summed E-state index contributed by atoms with van der Waals surface area (Å²) in [4.78, 5) is 20.2. The smallest absolute Gasteiger partial charge is 0.229 e. The first-order valence-electron chi connectivity index (χ1n) is 11.1. The summed E-state index contributed by atoms with van der Waals surface area (Å²) in [5, 5.41) is 9.35. The molecule has 3 heterocycles. The van der Waals surface area contributed by atoms with Gasteiger partial charge in [-0.15, -0.1) is 0 Å². The summed E-state index contributed by atoms with van der Waals surface area (Å²) >= 11 is 7.87. The molecule has 2 aromatic heterocycles. The molecule has 0 radical (unpaired) electrons. The number of amides is 1. The maximum absolute atomic E-state index is 13.0. The maximum Gasteiger partial charge on any atom is 0.229 e. The van der Waals surface area contributed by atoms with Crippen LogP contribution in [-0.2, 0) is 4.79 Å². The first kappa shape index (κ1) is 21.9. The molecule has 1 fully saturated rings. The van der Waals surface area contributed by atoms with Gasteiger partial charge in [0.1, 0.15) is 0 Å². The minimum atomic E-state index is -0.0967. The van der Waals surface area contributed by atoms with E-state index in [9.17, 15) is 4.79 Å². The van der Waals surface area contributed by atoms with Crippen molar-refractivity contribution in [1.82, 2.24) is 14.8 Å². The van der Waals surface area contributed by atoms with Gasteiger partial charge in [-0.25, -0.2) is 4.68 Å². The van der Waals surface area contributed by atoms with Crippen molar-refractivity contribution in [3.63, 3.8) is 0 Å². The molecule has 6 nitrogen and oxygen atoms in total. The molecule has 4 aromatic rings. The number of fused-ring (bicyclic) bond motifs is 1. The molecule has 2 aromatic carbocycles. The molecule has 1 atom stereocenters. The highest BCUT2D eigenvalue weighted by molar-refractivity contribution is 7.22. The van der Waals surface area contributed by atoms with E-state index in [1.807, 2.05) is 36.7 Å². The largest absolute Gasteiger partial charge is 0.347 e. The molecular formula is C25H26ClN5OS. The number of piperidine rings is 1. The summed E-state index contributed by atoms with van der Waals surface area (Å²) in [7, 11) is 0. The van der Waals surface area contributed by atoms with Gasteiger partial charge in [-0.2, -0.15) is 10.1 Å². The summed E-state index contributed by atoms with van der Waals surface area (Å²) in [5.41, 5.74) is 5.79. The Hall–Kier alpha value is -2.90. The first-order valence-corrected chi connectivity index (χ1v) is 12.3. The molecule has 1 amide bonds. The number of thiazole rings is 1. The van der Waals surface area contributed by atoms with Gasteiger partial charge in [0, 0.05) is 23.8 Å². The Kier molecular flexibility index (Phi) is 5.85. The van der Waals surface area contributed by atoms with Gasteiger partial charge in [0.25, 0.3) is 0 Å². The van der Waals surface area contributed by atoms with Crippen LogP contribution in [0.5, 0.6) is 0 Å². The number of anilines is 2. The van der Waals surface area contributed by atoms with Crippen LogP contribution in [0.1, 0.15) is 29.7 Å². The zero-order valence-corrected chi connectivity index (χ0v) is 20.5. The SMILES string of the molecule is Cc1ccc(-n2nc(C)c3sc(N4CCC[C@@H](C(=O)Nc5ccc(C)c(Cl)c5)C4)nc32)cc1. The van der Waals surface area contributed by atoms with Gasteiger partial charge in [-0.3, -0.25) is 4.79 Å². The van der Waals surface area contributed by atoms with Gasteiger partial charge < -0.3 is 10.2 Å². The maximum atomic E-state index is 13.0. The summed E-state index contributed by atoms with van der Waals surface area (Å²) in [6, 6.07) is 13.9. The van der Waals surface area contributed by atoms with E-state index < -0.39 is 0 Å². The third kappa shape index (κ3) is 4.35. The molecule has 1 saturated heterocycles. The van der Waals surface area contributed by atoms with E-state index in [0.717, 1.165) is 57.5 Å².